The van der Waals surface area contributed by atoms with Crippen LogP contribution >= 0.6 is 0 Å². The van der Waals surface area contributed by atoms with Gasteiger partial charge in [-0.1, -0.05) is 26.8 Å². The Hall–Kier alpha value is -1.85. The van der Waals surface area contributed by atoms with Crippen LogP contribution in [0.1, 0.15) is 54.4 Å². The molecule has 0 aliphatic carbocycles. The van der Waals surface area contributed by atoms with Crippen LogP contribution in [0.2, 0.25) is 0 Å². The lowest BCUT2D eigenvalue weighted by atomic mass is 9.84. The van der Waals surface area contributed by atoms with E-state index in [9.17, 15) is 29.7 Å². The van der Waals surface area contributed by atoms with Crippen LogP contribution in [-0.2, 0) is 28.6 Å². The SMILES string of the molecule is CC(=O)N[C@H]1C[C@@H](O)O[C@@H](O[C@H]2[C@@H](C)C[C@@H](C)C(=O)/C=C/[C@@H](C)[C@@H]([C@@H](C)O)OC(=O)[C@@H]2C)[C@@H]1O. The average Bonchev–Trinajstić information content (AvgIpc) is 2.74. The highest BCUT2D eigenvalue weighted by atomic mass is 16.7. The molecule has 1 saturated heterocycles. The van der Waals surface area contributed by atoms with Crippen LogP contribution in [0.5, 0.6) is 0 Å². The zero-order valence-corrected chi connectivity index (χ0v) is 20.7. The van der Waals surface area contributed by atoms with Gasteiger partial charge in [0.05, 0.1) is 24.2 Å². The molecule has 0 aromatic rings. The van der Waals surface area contributed by atoms with Crippen LogP contribution in [-0.4, -0.2) is 76.0 Å². The lowest BCUT2D eigenvalue weighted by molar-refractivity contribution is -0.311. The molecule has 2 heterocycles. The van der Waals surface area contributed by atoms with E-state index in [2.05, 4.69) is 5.32 Å². The number of nitrogens with one attached hydrogen (secondary N) is 1. The van der Waals surface area contributed by atoms with Crippen molar-refractivity contribution in [3.63, 3.8) is 0 Å². The normalized spacial score (nSPS) is 42.0. The minimum Gasteiger partial charge on any atom is -0.459 e. The molecule has 4 N–H and O–H groups in total. The Kier molecular flexibility index (Phi) is 10.2. The summed E-state index contributed by atoms with van der Waals surface area (Å²) < 4.78 is 17.1. The van der Waals surface area contributed by atoms with Crippen molar-refractivity contribution in [2.45, 2.75) is 97.4 Å². The number of ketones is 1. The fourth-order valence-corrected chi connectivity index (χ4v) is 4.60. The average molecular weight is 486 g/mol. The standard InChI is InChI=1S/C24H39NO9/c1-11-7-8-18(28)12(2)9-13(3)21(14(4)23(31)33-22(11)15(5)26)34-24-20(30)17(25-16(6)27)10-19(29)32-24/h7-8,11-15,17,19-22,24,26,29-30H,9-10H2,1-6H3,(H,25,27)/b8-7+/t11-,12-,13+,14-,15-,17+,19+,20-,21+,22+,24+/m1/s1. The maximum atomic E-state index is 13.1. The van der Waals surface area contributed by atoms with Gasteiger partial charge in [-0.25, -0.2) is 0 Å². The van der Waals surface area contributed by atoms with E-state index in [1.807, 2.05) is 6.92 Å². The summed E-state index contributed by atoms with van der Waals surface area (Å²) in [7, 11) is 0. The topological polar surface area (TPSA) is 152 Å². The second-order valence-electron chi connectivity index (χ2n) is 9.76. The van der Waals surface area contributed by atoms with Crippen molar-refractivity contribution in [1.82, 2.24) is 5.32 Å². The van der Waals surface area contributed by atoms with E-state index in [1.54, 1.807) is 26.8 Å². The third kappa shape index (κ3) is 7.32. The van der Waals surface area contributed by atoms with Gasteiger partial charge >= 0.3 is 5.97 Å². The van der Waals surface area contributed by atoms with Crippen LogP contribution in [0.25, 0.3) is 0 Å². The summed E-state index contributed by atoms with van der Waals surface area (Å²) in [6, 6.07) is -0.804. The minimum atomic E-state index is -1.33. The first kappa shape index (κ1) is 28.4. The number of carbonyl (C=O) groups is 3. The van der Waals surface area contributed by atoms with Crippen molar-refractivity contribution in [2.24, 2.45) is 23.7 Å². The first-order valence-corrected chi connectivity index (χ1v) is 11.9. The monoisotopic (exact) mass is 485 g/mol. The maximum absolute atomic E-state index is 13.1. The van der Waals surface area contributed by atoms with Crippen LogP contribution in [0.3, 0.4) is 0 Å². The molecule has 0 unspecified atom stereocenters. The Morgan fingerprint density at radius 3 is 2.41 bits per heavy atom. The molecule has 0 saturated carbocycles. The Morgan fingerprint density at radius 2 is 1.82 bits per heavy atom. The number of allylic oxidation sites excluding steroid dienone is 1. The zero-order chi connectivity index (χ0) is 25.7. The summed E-state index contributed by atoms with van der Waals surface area (Å²) >= 11 is 0. The number of carbonyl (C=O) groups excluding carboxylic acids is 3. The summed E-state index contributed by atoms with van der Waals surface area (Å²) in [5.41, 5.74) is 0. The van der Waals surface area contributed by atoms with E-state index in [0.717, 1.165) is 0 Å². The lowest BCUT2D eigenvalue weighted by Crippen LogP contribution is -2.57. The Balaban J connectivity index is 2.34. The van der Waals surface area contributed by atoms with Gasteiger partial charge in [0.15, 0.2) is 18.4 Å². The summed E-state index contributed by atoms with van der Waals surface area (Å²) in [5, 5.41) is 33.6. The molecular weight excluding hydrogens is 446 g/mol. The fourth-order valence-electron chi connectivity index (χ4n) is 4.60. The van der Waals surface area contributed by atoms with E-state index < -0.39 is 60.8 Å². The molecule has 10 heteroatoms. The molecule has 0 bridgehead atoms. The van der Waals surface area contributed by atoms with E-state index in [1.165, 1.54) is 19.9 Å². The summed E-state index contributed by atoms with van der Waals surface area (Å²) in [4.78, 5) is 37.2. The second-order valence-corrected chi connectivity index (χ2v) is 9.76. The van der Waals surface area contributed by atoms with Gasteiger partial charge in [0, 0.05) is 25.2 Å². The Labute approximate surface area is 200 Å². The van der Waals surface area contributed by atoms with Crippen molar-refractivity contribution in [3.8, 4) is 0 Å². The molecular formula is C24H39NO9. The van der Waals surface area contributed by atoms with Crippen LogP contribution in [0.15, 0.2) is 12.2 Å². The molecule has 34 heavy (non-hydrogen) atoms. The molecule has 2 aliphatic rings. The number of amides is 1. The smallest absolute Gasteiger partial charge is 0.311 e. The van der Waals surface area contributed by atoms with Crippen molar-refractivity contribution in [3.05, 3.63) is 12.2 Å². The first-order valence-electron chi connectivity index (χ1n) is 11.9. The number of hydrogen-bond acceptors (Lipinski definition) is 9. The molecule has 0 spiro atoms. The molecule has 10 nitrogen and oxygen atoms in total. The van der Waals surface area contributed by atoms with E-state index >= 15 is 0 Å². The van der Waals surface area contributed by atoms with E-state index in [0.29, 0.717) is 6.42 Å². The van der Waals surface area contributed by atoms with Crippen LogP contribution < -0.4 is 5.32 Å². The van der Waals surface area contributed by atoms with E-state index in [4.69, 9.17) is 14.2 Å². The van der Waals surface area contributed by atoms with Crippen molar-refractivity contribution >= 4 is 17.7 Å². The number of cyclic esters (lactones) is 1. The molecule has 2 rings (SSSR count). The van der Waals surface area contributed by atoms with Gasteiger partial charge in [0.25, 0.3) is 0 Å². The molecule has 1 amide bonds. The number of aliphatic hydroxyl groups excluding tert-OH is 3. The summed E-state index contributed by atoms with van der Waals surface area (Å²) in [5.74, 6) is -3.04. The summed E-state index contributed by atoms with van der Waals surface area (Å²) in [6.07, 6.45) is -3.14. The number of hydrogen-bond donors (Lipinski definition) is 4. The van der Waals surface area contributed by atoms with Crippen molar-refractivity contribution in [2.75, 3.05) is 0 Å². The van der Waals surface area contributed by atoms with Gasteiger partial charge in [0.2, 0.25) is 5.91 Å². The van der Waals surface area contributed by atoms with Gasteiger partial charge in [0.1, 0.15) is 12.2 Å². The third-order valence-corrected chi connectivity index (χ3v) is 6.56. The quantitative estimate of drug-likeness (QED) is 0.421. The molecule has 0 aromatic carbocycles. The number of aliphatic hydroxyl groups is 3. The third-order valence-electron chi connectivity index (χ3n) is 6.56. The predicted molar refractivity (Wildman–Crippen MR) is 121 cm³/mol. The first-order chi connectivity index (χ1) is 15.8. The maximum Gasteiger partial charge on any atom is 0.311 e. The van der Waals surface area contributed by atoms with Gasteiger partial charge in [-0.15, -0.1) is 0 Å². The Bertz CT molecular complexity index is 755. The largest absolute Gasteiger partial charge is 0.459 e. The number of ether oxygens (including phenoxy) is 3. The molecule has 1 fully saturated rings. The predicted octanol–water partition coefficient (Wildman–Crippen LogP) is 0.668. The second kappa shape index (κ2) is 12.2. The van der Waals surface area contributed by atoms with Crippen molar-refractivity contribution in [1.29, 1.82) is 0 Å². The Morgan fingerprint density at radius 1 is 1.18 bits per heavy atom. The molecule has 0 radical (unpaired) electrons. The highest BCUT2D eigenvalue weighted by Gasteiger charge is 2.43. The minimum absolute atomic E-state index is 0.0236. The van der Waals surface area contributed by atoms with Gasteiger partial charge in [-0.3, -0.25) is 14.4 Å². The van der Waals surface area contributed by atoms with E-state index in [-0.39, 0.29) is 29.9 Å². The lowest BCUT2D eigenvalue weighted by Gasteiger charge is -2.41. The fraction of sp³-hybridized carbons (Fsp3) is 0.792. The molecule has 11 atom stereocenters. The van der Waals surface area contributed by atoms with Gasteiger partial charge in [-0.05, 0) is 32.3 Å². The van der Waals surface area contributed by atoms with Crippen molar-refractivity contribution < 1.29 is 43.9 Å². The molecule has 2 aliphatic heterocycles. The number of esters is 1. The van der Waals surface area contributed by atoms with Gasteiger partial charge < -0.3 is 34.8 Å². The highest BCUT2D eigenvalue weighted by molar-refractivity contribution is 5.91. The van der Waals surface area contributed by atoms with Crippen LogP contribution in [0.4, 0.5) is 0 Å². The number of rotatable bonds is 4. The molecule has 0 aromatic heterocycles. The summed E-state index contributed by atoms with van der Waals surface area (Å²) in [6.45, 7) is 9.77. The highest BCUT2D eigenvalue weighted by Crippen LogP contribution is 2.31. The van der Waals surface area contributed by atoms with Gasteiger partial charge in [-0.2, -0.15) is 0 Å². The van der Waals surface area contributed by atoms with Crippen LogP contribution in [0, 0.1) is 23.7 Å². The molecule has 194 valence electrons. The zero-order valence-electron chi connectivity index (χ0n) is 20.7.